The Kier molecular flexibility index (Phi) is 5.40. The van der Waals surface area contributed by atoms with Gasteiger partial charge in [0.15, 0.2) is 17.2 Å². The first-order valence-electron chi connectivity index (χ1n) is 11.1. The largest absolute Gasteiger partial charge is 0.493 e. The molecule has 0 bridgehead atoms. The van der Waals surface area contributed by atoms with Crippen molar-refractivity contribution >= 4 is 11.8 Å². The average Bonchev–Trinajstić information content (AvgIpc) is 3.04. The highest BCUT2D eigenvalue weighted by atomic mass is 19.4. The van der Waals surface area contributed by atoms with Crippen LogP contribution < -0.4 is 15.8 Å². The zero-order valence-corrected chi connectivity index (χ0v) is 17.6. The van der Waals surface area contributed by atoms with Crippen LogP contribution in [0, 0.1) is 17.6 Å². The second-order valence-corrected chi connectivity index (χ2v) is 7.77. The molecular weight excluding hydrogens is 469 g/mol. The highest BCUT2D eigenvalue weighted by Gasteiger charge is 2.65. The van der Waals surface area contributed by atoms with Crippen LogP contribution in [0.3, 0.4) is 0 Å². The molecule has 1 aromatic carbocycles. The number of pyridine rings is 1. The third-order valence-corrected chi connectivity index (χ3v) is 5.86. The Labute approximate surface area is 193 Å². The Morgan fingerprint density at radius 2 is 2.00 bits per heavy atom. The highest BCUT2D eigenvalue weighted by Crippen LogP contribution is 2.55. The number of methoxy groups -OCH3 is 1. The Bertz CT molecular complexity index is 1310. The summed E-state index contributed by atoms with van der Waals surface area (Å²) >= 11 is 0. The Hall–Kier alpha value is -3.48. The van der Waals surface area contributed by atoms with Gasteiger partial charge in [-0.1, -0.05) is 13.0 Å². The van der Waals surface area contributed by atoms with Crippen molar-refractivity contribution in [3.63, 3.8) is 0 Å². The second-order valence-electron chi connectivity index (χ2n) is 7.77. The van der Waals surface area contributed by atoms with E-state index in [4.69, 9.17) is 14.6 Å². The molecule has 3 rings (SSSR count). The minimum atomic E-state index is -5.06. The number of primary amides is 1. The van der Waals surface area contributed by atoms with E-state index < -0.39 is 77.2 Å². The van der Waals surface area contributed by atoms with Crippen molar-refractivity contribution in [2.24, 2.45) is 16.6 Å². The van der Waals surface area contributed by atoms with Crippen molar-refractivity contribution in [1.82, 2.24) is 4.73 Å². The van der Waals surface area contributed by atoms with Crippen LogP contribution in [0.4, 0.5) is 22.0 Å². The number of benzene rings is 1. The van der Waals surface area contributed by atoms with Crippen molar-refractivity contribution < 1.29 is 50.3 Å². The zero-order chi connectivity index (χ0) is 28.1. The number of halogens is 5. The standard InChI is InChI=1S/C21H20F5N3O5/c1-9-14(11-4-5-12(22)15(23)16(11)33-3)17(34-20(9,2)21(24,25)26)19(31)28-10-6-7-29(32)13(8-10)18(27)30/h4-9,14,17,32H,1-3H3,(H2,27,30)/t9-,14+,17-,20+/m1/s1/i3D3. The Morgan fingerprint density at radius 3 is 2.59 bits per heavy atom. The molecule has 0 aliphatic carbocycles. The van der Waals surface area contributed by atoms with E-state index in [1.54, 1.807) is 0 Å². The summed E-state index contributed by atoms with van der Waals surface area (Å²) in [7, 11) is -3.32. The van der Waals surface area contributed by atoms with Gasteiger partial charge in [0.1, 0.15) is 11.8 Å². The fraction of sp³-hybridized carbons (Fsp3) is 0.381. The van der Waals surface area contributed by atoms with E-state index in [1.165, 1.54) is 0 Å². The van der Waals surface area contributed by atoms with E-state index in [2.05, 4.69) is 9.73 Å². The van der Waals surface area contributed by atoms with Gasteiger partial charge in [-0.3, -0.25) is 9.59 Å². The van der Waals surface area contributed by atoms with Crippen LogP contribution in [0.15, 0.2) is 35.5 Å². The molecule has 2 heterocycles. The maximum atomic E-state index is 14.6. The number of nitrogens with two attached hydrogens (primary N) is 1. The monoisotopic (exact) mass is 492 g/mol. The van der Waals surface area contributed by atoms with Gasteiger partial charge < -0.3 is 20.4 Å². The van der Waals surface area contributed by atoms with Crippen LogP contribution in [-0.4, -0.2) is 46.7 Å². The summed E-state index contributed by atoms with van der Waals surface area (Å²) < 4.78 is 103. The molecule has 2 aromatic rings. The zero-order valence-electron chi connectivity index (χ0n) is 20.6. The Balaban J connectivity index is 2.22. The lowest BCUT2D eigenvalue weighted by atomic mass is 9.77. The lowest BCUT2D eigenvalue weighted by molar-refractivity contribution is -0.272. The topological polar surface area (TPSA) is 116 Å². The summed E-state index contributed by atoms with van der Waals surface area (Å²) in [4.78, 5) is 28.2. The summed E-state index contributed by atoms with van der Waals surface area (Å²) in [5.74, 6) is -10.3. The summed E-state index contributed by atoms with van der Waals surface area (Å²) in [5.41, 5.74) is 1.03. The van der Waals surface area contributed by atoms with Crippen LogP contribution in [0.25, 0.3) is 0 Å². The maximum absolute atomic E-state index is 14.6. The minimum Gasteiger partial charge on any atom is -0.493 e. The number of hydrogen-bond acceptors (Lipinski definition) is 5. The van der Waals surface area contributed by atoms with Crippen LogP contribution in [0.2, 0.25) is 0 Å². The normalized spacial score (nSPS) is 27.1. The van der Waals surface area contributed by atoms with Crippen LogP contribution in [-0.2, 0) is 9.53 Å². The molecule has 0 radical (unpaired) electrons. The lowest BCUT2D eigenvalue weighted by Crippen LogP contribution is -2.47. The van der Waals surface area contributed by atoms with E-state index in [9.17, 15) is 36.7 Å². The SMILES string of the molecule is [2H]C([2H])([2H])Oc1c([C@@H]2[C@@H](C)[C@@](C)(C(F)(F)F)O[C@H]2C(=O)N=c2ccn(O)c(C(N)=O)c2)ccc(F)c1F. The number of hydrogen-bond donors (Lipinski definition) is 2. The van der Waals surface area contributed by atoms with Crippen LogP contribution in [0.1, 0.15) is 39.9 Å². The molecule has 8 nitrogen and oxygen atoms in total. The van der Waals surface area contributed by atoms with Crippen molar-refractivity contribution in [3.8, 4) is 5.75 Å². The molecule has 3 N–H and O–H groups in total. The van der Waals surface area contributed by atoms with Gasteiger partial charge in [0.25, 0.3) is 11.8 Å². The predicted octanol–water partition coefficient (Wildman–Crippen LogP) is 2.68. The molecule has 0 unspecified atom stereocenters. The molecule has 4 atom stereocenters. The summed E-state index contributed by atoms with van der Waals surface area (Å²) in [5, 5.41) is 9.32. The number of ether oxygens (including phenoxy) is 2. The van der Waals surface area contributed by atoms with Crippen LogP contribution in [0.5, 0.6) is 5.75 Å². The van der Waals surface area contributed by atoms with Gasteiger partial charge in [0, 0.05) is 23.6 Å². The molecule has 0 spiro atoms. The molecule has 0 saturated carbocycles. The van der Waals surface area contributed by atoms with Crippen LogP contribution >= 0.6 is 0 Å². The fourth-order valence-electron chi connectivity index (χ4n) is 3.85. The minimum absolute atomic E-state index is 0.302. The molecule has 2 amide bonds. The first-order valence-corrected chi connectivity index (χ1v) is 9.59. The van der Waals surface area contributed by atoms with Gasteiger partial charge in [-0.2, -0.15) is 22.3 Å². The molecule has 13 heteroatoms. The van der Waals surface area contributed by atoms with Gasteiger partial charge >= 0.3 is 6.18 Å². The summed E-state index contributed by atoms with van der Waals surface area (Å²) in [6.07, 6.45) is -6.25. The third-order valence-electron chi connectivity index (χ3n) is 5.86. The molecule has 184 valence electrons. The van der Waals surface area contributed by atoms with E-state index >= 15 is 0 Å². The number of nitrogens with zero attached hydrogens (tertiary/aromatic N) is 2. The molecule has 1 fully saturated rings. The predicted molar refractivity (Wildman–Crippen MR) is 105 cm³/mol. The first kappa shape index (κ1) is 21.1. The van der Waals surface area contributed by atoms with Gasteiger partial charge in [0.2, 0.25) is 5.82 Å². The molecule has 1 aromatic heterocycles. The number of rotatable bonds is 4. The number of aromatic nitrogens is 1. The highest BCUT2D eigenvalue weighted by molar-refractivity contribution is 5.91. The van der Waals surface area contributed by atoms with Crippen molar-refractivity contribution in [1.29, 1.82) is 0 Å². The number of carbonyl (C=O) groups excluding carboxylic acids is 2. The van der Waals surface area contributed by atoms with E-state index in [-0.39, 0.29) is 5.36 Å². The number of amides is 2. The number of alkyl halides is 3. The summed E-state index contributed by atoms with van der Waals surface area (Å²) in [6.45, 7) is 1.68. The molecule has 34 heavy (non-hydrogen) atoms. The Morgan fingerprint density at radius 1 is 1.32 bits per heavy atom. The van der Waals surface area contributed by atoms with Crippen molar-refractivity contribution in [2.75, 3.05) is 7.04 Å². The first-order chi connectivity index (χ1) is 16.9. The fourth-order valence-corrected chi connectivity index (χ4v) is 3.85. The third kappa shape index (κ3) is 4.11. The van der Waals surface area contributed by atoms with Crippen molar-refractivity contribution in [2.45, 2.75) is 37.6 Å². The van der Waals surface area contributed by atoms with Gasteiger partial charge in [0.05, 0.1) is 16.5 Å². The molecule has 1 aliphatic rings. The van der Waals surface area contributed by atoms with Crippen molar-refractivity contribution in [3.05, 3.63) is 58.7 Å². The maximum Gasteiger partial charge on any atom is 0.417 e. The number of carbonyl (C=O) groups is 2. The smallest absolute Gasteiger partial charge is 0.417 e. The average molecular weight is 492 g/mol. The van der Waals surface area contributed by atoms with E-state index in [0.29, 0.717) is 17.7 Å². The van der Waals surface area contributed by atoms with Gasteiger partial charge in [-0.05, 0) is 25.1 Å². The van der Waals surface area contributed by atoms with E-state index in [0.717, 1.165) is 31.3 Å². The lowest BCUT2D eigenvalue weighted by Gasteiger charge is -2.32. The van der Waals surface area contributed by atoms with Gasteiger partial charge in [-0.15, -0.1) is 0 Å². The molecular formula is C21H20F5N3O5. The molecule has 1 saturated heterocycles. The summed E-state index contributed by atoms with van der Waals surface area (Å²) in [6, 6.07) is 3.25. The second kappa shape index (κ2) is 8.70. The van der Waals surface area contributed by atoms with E-state index in [1.807, 2.05) is 0 Å². The molecule has 1 aliphatic heterocycles. The quantitative estimate of drug-likeness (QED) is 0.503. The van der Waals surface area contributed by atoms with Gasteiger partial charge in [-0.25, -0.2) is 9.38 Å².